The van der Waals surface area contributed by atoms with Crippen LogP contribution in [0, 0.1) is 0 Å². The summed E-state index contributed by atoms with van der Waals surface area (Å²) in [6.07, 6.45) is 0. The molecule has 49 heavy (non-hydrogen) atoms. The van der Waals surface area contributed by atoms with Gasteiger partial charge in [0.15, 0.2) is 0 Å². The number of ether oxygens (including phenoxy) is 2. The van der Waals surface area contributed by atoms with Gasteiger partial charge in [-0.3, -0.25) is 4.79 Å². The van der Waals surface area contributed by atoms with Gasteiger partial charge >= 0.3 is 0 Å². The first-order valence-electron chi connectivity index (χ1n) is 15.9. The van der Waals surface area contributed by atoms with E-state index in [2.05, 4.69) is 15.4 Å². The molecule has 0 bridgehead atoms. The number of nitrogens with one attached hydrogen (secondary N) is 3. The van der Waals surface area contributed by atoms with Crippen LogP contribution in [-0.4, -0.2) is 51.5 Å². The van der Waals surface area contributed by atoms with Crippen molar-refractivity contribution in [3.05, 3.63) is 81.8 Å². The van der Waals surface area contributed by atoms with Crippen LogP contribution in [0.15, 0.2) is 60.7 Å². The number of nitrogens with zero attached hydrogens (tertiary/aromatic N) is 2. The SMILES string of the molecule is COc1nc(-c2cccc(-c3cccc(-c4ccc(C(C)N[S@+]([O-])C(C)(C)C)c(OC)n4)c3Cl)c2Cl)ccc1CNC(C)(C)CNC(C)=O. The van der Waals surface area contributed by atoms with E-state index < -0.39 is 16.1 Å². The van der Waals surface area contributed by atoms with Crippen molar-refractivity contribution in [2.45, 2.75) is 71.3 Å². The maximum absolute atomic E-state index is 12.7. The Morgan fingerprint density at radius 2 is 1.35 bits per heavy atom. The first-order chi connectivity index (χ1) is 23.1. The molecule has 4 rings (SSSR count). The van der Waals surface area contributed by atoms with Crippen LogP contribution in [0.2, 0.25) is 10.0 Å². The normalized spacial score (nSPS) is 13.1. The highest BCUT2D eigenvalue weighted by atomic mass is 35.5. The average Bonchev–Trinajstić information content (AvgIpc) is 3.06. The van der Waals surface area contributed by atoms with E-state index in [1.807, 2.05) is 102 Å². The molecular weight excluding hydrogens is 681 g/mol. The second-order valence-corrected chi connectivity index (χ2v) is 16.1. The van der Waals surface area contributed by atoms with Crippen molar-refractivity contribution in [3.8, 4) is 45.4 Å². The van der Waals surface area contributed by atoms with E-state index >= 15 is 0 Å². The van der Waals surface area contributed by atoms with Gasteiger partial charge in [0.2, 0.25) is 17.7 Å². The summed E-state index contributed by atoms with van der Waals surface area (Å²) in [5, 5.41) is 7.28. The second kappa shape index (κ2) is 16.1. The number of hydrogen-bond donors (Lipinski definition) is 3. The van der Waals surface area contributed by atoms with Crippen molar-refractivity contribution in [2.24, 2.45) is 0 Å². The predicted molar refractivity (Wildman–Crippen MR) is 201 cm³/mol. The largest absolute Gasteiger partial charge is 0.598 e. The molecule has 12 heteroatoms. The Morgan fingerprint density at radius 3 is 1.86 bits per heavy atom. The van der Waals surface area contributed by atoms with Gasteiger partial charge in [-0.15, -0.1) is 4.72 Å². The van der Waals surface area contributed by atoms with Crippen molar-refractivity contribution in [3.63, 3.8) is 0 Å². The molecule has 0 aliphatic rings. The molecule has 4 aromatic rings. The quantitative estimate of drug-likeness (QED) is 0.119. The first-order valence-corrected chi connectivity index (χ1v) is 17.8. The van der Waals surface area contributed by atoms with Gasteiger partial charge in [0.25, 0.3) is 0 Å². The molecule has 2 aromatic carbocycles. The van der Waals surface area contributed by atoms with E-state index in [0.717, 1.165) is 27.8 Å². The van der Waals surface area contributed by atoms with E-state index in [0.29, 0.717) is 51.8 Å². The Morgan fingerprint density at radius 1 is 0.837 bits per heavy atom. The minimum absolute atomic E-state index is 0.0772. The molecule has 0 radical (unpaired) electrons. The molecule has 3 N–H and O–H groups in total. The lowest BCUT2D eigenvalue weighted by Gasteiger charge is -2.27. The highest BCUT2D eigenvalue weighted by Crippen LogP contribution is 2.42. The van der Waals surface area contributed by atoms with Crippen LogP contribution in [0.1, 0.15) is 65.6 Å². The number of amides is 1. The highest BCUT2D eigenvalue weighted by molar-refractivity contribution is 7.90. The van der Waals surface area contributed by atoms with Crippen LogP contribution < -0.4 is 24.8 Å². The number of pyridine rings is 2. The molecule has 0 saturated carbocycles. The number of methoxy groups -OCH3 is 2. The van der Waals surface area contributed by atoms with Crippen molar-refractivity contribution < 1.29 is 18.8 Å². The summed E-state index contributed by atoms with van der Waals surface area (Å²) < 4.78 is 26.8. The average molecular weight is 727 g/mol. The summed E-state index contributed by atoms with van der Waals surface area (Å²) in [5.41, 5.74) is 5.49. The lowest BCUT2D eigenvalue weighted by atomic mass is 9.97. The summed E-state index contributed by atoms with van der Waals surface area (Å²) in [7, 11) is 3.15. The topological polar surface area (TPSA) is 120 Å². The number of carbonyl (C=O) groups is 1. The third-order valence-electron chi connectivity index (χ3n) is 7.90. The molecule has 0 saturated heterocycles. The fourth-order valence-electron chi connectivity index (χ4n) is 5.04. The molecule has 0 spiro atoms. The number of rotatable bonds is 13. The zero-order valence-electron chi connectivity index (χ0n) is 29.5. The smallest absolute Gasteiger partial charge is 0.218 e. The molecule has 2 aromatic heterocycles. The minimum atomic E-state index is -1.27. The van der Waals surface area contributed by atoms with E-state index in [1.165, 1.54) is 6.92 Å². The zero-order chi connectivity index (χ0) is 36.1. The summed E-state index contributed by atoms with van der Waals surface area (Å²) in [6.45, 7) is 14.2. The molecule has 2 atom stereocenters. The third kappa shape index (κ3) is 9.45. The van der Waals surface area contributed by atoms with Crippen LogP contribution in [0.25, 0.3) is 33.6 Å². The van der Waals surface area contributed by atoms with Gasteiger partial charge in [0, 0.05) is 70.3 Å². The lowest BCUT2D eigenvalue weighted by Crippen LogP contribution is -2.48. The summed E-state index contributed by atoms with van der Waals surface area (Å²) in [4.78, 5) is 21.0. The lowest BCUT2D eigenvalue weighted by molar-refractivity contribution is -0.119. The Labute approximate surface area is 302 Å². The van der Waals surface area contributed by atoms with E-state index in [-0.39, 0.29) is 17.5 Å². The number of hydrogen-bond acceptors (Lipinski definition) is 8. The van der Waals surface area contributed by atoms with Gasteiger partial charge in [-0.05, 0) is 59.7 Å². The Balaban J connectivity index is 1.64. The molecule has 9 nitrogen and oxygen atoms in total. The van der Waals surface area contributed by atoms with Gasteiger partial charge in [-0.25, -0.2) is 9.97 Å². The Kier molecular flexibility index (Phi) is 12.6. The van der Waals surface area contributed by atoms with Crippen molar-refractivity contribution in [1.82, 2.24) is 25.3 Å². The Bertz CT molecular complexity index is 1800. The fraction of sp³-hybridized carbons (Fsp3) is 0.378. The molecule has 1 unspecified atom stereocenters. The molecule has 0 aliphatic heterocycles. The van der Waals surface area contributed by atoms with Gasteiger partial charge in [-0.1, -0.05) is 65.7 Å². The maximum Gasteiger partial charge on any atom is 0.218 e. The highest BCUT2D eigenvalue weighted by Gasteiger charge is 2.30. The Hall–Kier alpha value is -3.38. The van der Waals surface area contributed by atoms with Gasteiger partial charge in [0.05, 0.1) is 41.7 Å². The van der Waals surface area contributed by atoms with Crippen LogP contribution in [0.5, 0.6) is 11.8 Å². The van der Waals surface area contributed by atoms with Crippen molar-refractivity contribution in [2.75, 3.05) is 20.8 Å². The minimum Gasteiger partial charge on any atom is -0.598 e. The van der Waals surface area contributed by atoms with Crippen molar-refractivity contribution >= 4 is 40.5 Å². The molecule has 262 valence electrons. The first kappa shape index (κ1) is 38.4. The summed E-state index contributed by atoms with van der Waals surface area (Å²) in [5.74, 6) is 0.811. The summed E-state index contributed by atoms with van der Waals surface area (Å²) >= 11 is 12.9. The molecule has 1 amide bonds. The zero-order valence-corrected chi connectivity index (χ0v) is 31.8. The molecular formula is C37H45Cl2N5O4S. The number of carbonyl (C=O) groups excluding carboxylic acids is 1. The van der Waals surface area contributed by atoms with Gasteiger partial charge in [0.1, 0.15) is 4.75 Å². The molecule has 0 aliphatic carbocycles. The third-order valence-corrected chi connectivity index (χ3v) is 10.4. The maximum atomic E-state index is 12.7. The number of halogens is 2. The van der Waals surface area contributed by atoms with Crippen LogP contribution in [0.4, 0.5) is 0 Å². The van der Waals surface area contributed by atoms with Crippen molar-refractivity contribution in [1.29, 1.82) is 0 Å². The monoisotopic (exact) mass is 725 g/mol. The van der Waals surface area contributed by atoms with Crippen LogP contribution in [0.3, 0.4) is 0 Å². The van der Waals surface area contributed by atoms with Gasteiger partial charge in [-0.2, -0.15) is 0 Å². The second-order valence-electron chi connectivity index (χ2n) is 13.4. The van der Waals surface area contributed by atoms with Gasteiger partial charge < -0.3 is 24.7 Å². The summed E-state index contributed by atoms with van der Waals surface area (Å²) in [6, 6.07) is 18.9. The standard InChI is InChI=1S/C37H45Cl2N5O4S/c1-22(44-49(46)36(3,4)5)25-17-19-31(43-35(25)48-9)29-15-11-13-27(33(29)39)26-12-10-14-28(32(26)38)30-18-16-24(34(42-30)47-8)20-41-37(6,7)21-40-23(2)45/h10-19,22,41,44H,20-21H2,1-9H3,(H,40,45)/t22?,49-/m1/s1. The number of aromatic nitrogens is 2. The van der Waals surface area contributed by atoms with E-state index in [1.54, 1.807) is 14.2 Å². The molecule has 2 heterocycles. The van der Waals surface area contributed by atoms with Crippen LogP contribution in [-0.2, 0) is 22.7 Å². The van der Waals surface area contributed by atoms with Crippen LogP contribution >= 0.6 is 23.2 Å². The predicted octanol–water partition coefficient (Wildman–Crippen LogP) is 7.92. The van der Waals surface area contributed by atoms with E-state index in [9.17, 15) is 9.35 Å². The van der Waals surface area contributed by atoms with E-state index in [4.69, 9.17) is 42.6 Å². The number of benzene rings is 2. The fourth-order valence-corrected chi connectivity index (χ4v) is 6.49. The molecule has 0 fully saturated rings.